The Kier molecular flexibility index (Phi) is 6.39. The highest BCUT2D eigenvalue weighted by molar-refractivity contribution is 6.37. The normalized spacial score (nSPS) is 16.7. The molecule has 1 heterocycles. The van der Waals surface area contributed by atoms with Crippen LogP contribution in [0.2, 0.25) is 10.0 Å². The van der Waals surface area contributed by atoms with Gasteiger partial charge in [0.05, 0.1) is 29.4 Å². The number of nitrogens with zero attached hydrogens (tertiary/aromatic N) is 1. The maximum absolute atomic E-state index is 13.1. The van der Waals surface area contributed by atoms with E-state index in [0.29, 0.717) is 13.2 Å². The van der Waals surface area contributed by atoms with Gasteiger partial charge in [-0.15, -0.1) is 0 Å². The van der Waals surface area contributed by atoms with Gasteiger partial charge in [0.25, 0.3) is 5.91 Å². The molecule has 1 fully saturated rings. The molecule has 0 bridgehead atoms. The fourth-order valence-corrected chi connectivity index (χ4v) is 3.30. The van der Waals surface area contributed by atoms with Crippen molar-refractivity contribution in [1.82, 2.24) is 4.90 Å². The van der Waals surface area contributed by atoms with Gasteiger partial charge in [0.15, 0.2) is 6.61 Å². The Balaban J connectivity index is 1.60. The van der Waals surface area contributed by atoms with Crippen molar-refractivity contribution in [3.8, 4) is 0 Å². The summed E-state index contributed by atoms with van der Waals surface area (Å²) in [6.45, 7) is 0.490. The molecule has 1 atom stereocenters. The first-order chi connectivity index (χ1) is 13.3. The molecule has 148 valence electrons. The highest BCUT2D eigenvalue weighted by Crippen LogP contribution is 2.28. The van der Waals surface area contributed by atoms with Crippen molar-refractivity contribution in [3.63, 3.8) is 0 Å². The van der Waals surface area contributed by atoms with E-state index in [1.54, 1.807) is 12.1 Å². The molecular formula is C19H17Cl2FN2O4. The van der Waals surface area contributed by atoms with E-state index in [-0.39, 0.29) is 45.7 Å². The van der Waals surface area contributed by atoms with Gasteiger partial charge in [-0.05, 0) is 29.8 Å². The number of rotatable bonds is 4. The molecule has 0 aromatic heterocycles. The highest BCUT2D eigenvalue weighted by Gasteiger charge is 2.26. The number of ether oxygens (including phenoxy) is 2. The Morgan fingerprint density at radius 3 is 2.68 bits per heavy atom. The number of morpholine rings is 1. The Hall–Kier alpha value is -2.35. The SMILES string of the molecule is Nc1c(Cl)cc(Cl)cc1C(=O)OCC(=O)N1CCO[C@H](c2ccc(F)cc2)C1. The van der Waals surface area contributed by atoms with Crippen LogP contribution in [-0.4, -0.2) is 43.1 Å². The van der Waals surface area contributed by atoms with Crippen LogP contribution in [-0.2, 0) is 14.3 Å². The van der Waals surface area contributed by atoms with Crippen LogP contribution in [0.25, 0.3) is 0 Å². The molecule has 0 spiro atoms. The van der Waals surface area contributed by atoms with Crippen molar-refractivity contribution in [2.24, 2.45) is 0 Å². The topological polar surface area (TPSA) is 81.9 Å². The summed E-state index contributed by atoms with van der Waals surface area (Å²) in [7, 11) is 0. The van der Waals surface area contributed by atoms with Crippen molar-refractivity contribution >= 4 is 40.8 Å². The maximum Gasteiger partial charge on any atom is 0.340 e. The second kappa shape index (κ2) is 8.77. The highest BCUT2D eigenvalue weighted by atomic mass is 35.5. The molecule has 9 heteroatoms. The van der Waals surface area contributed by atoms with Crippen molar-refractivity contribution in [2.75, 3.05) is 32.0 Å². The summed E-state index contributed by atoms with van der Waals surface area (Å²) >= 11 is 11.8. The second-order valence-corrected chi connectivity index (χ2v) is 7.02. The van der Waals surface area contributed by atoms with E-state index in [0.717, 1.165) is 5.56 Å². The molecule has 1 amide bonds. The van der Waals surface area contributed by atoms with Gasteiger partial charge in [-0.3, -0.25) is 4.79 Å². The van der Waals surface area contributed by atoms with Gasteiger partial charge in [-0.1, -0.05) is 35.3 Å². The molecule has 6 nitrogen and oxygen atoms in total. The van der Waals surface area contributed by atoms with E-state index in [1.807, 2.05) is 0 Å². The van der Waals surface area contributed by atoms with Crippen LogP contribution in [0.3, 0.4) is 0 Å². The number of nitrogen functional groups attached to an aromatic ring is 1. The van der Waals surface area contributed by atoms with Gasteiger partial charge in [0.1, 0.15) is 11.9 Å². The van der Waals surface area contributed by atoms with Gasteiger partial charge in [0, 0.05) is 11.6 Å². The number of halogens is 3. The Morgan fingerprint density at radius 1 is 1.25 bits per heavy atom. The number of nitrogens with two attached hydrogens (primary N) is 1. The fourth-order valence-electron chi connectivity index (χ4n) is 2.80. The van der Waals surface area contributed by atoms with E-state index in [1.165, 1.54) is 29.2 Å². The molecule has 1 saturated heterocycles. The minimum Gasteiger partial charge on any atom is -0.452 e. The Bertz CT molecular complexity index is 892. The lowest BCUT2D eigenvalue weighted by atomic mass is 10.1. The summed E-state index contributed by atoms with van der Waals surface area (Å²) < 4.78 is 23.8. The monoisotopic (exact) mass is 426 g/mol. The van der Waals surface area contributed by atoms with Gasteiger partial charge in [0.2, 0.25) is 0 Å². The average Bonchev–Trinajstić information content (AvgIpc) is 2.69. The minimum atomic E-state index is -0.793. The van der Waals surface area contributed by atoms with Crippen molar-refractivity contribution in [1.29, 1.82) is 0 Å². The lowest BCUT2D eigenvalue weighted by Crippen LogP contribution is -2.44. The predicted octanol–water partition coefficient (Wildman–Crippen LogP) is 3.47. The molecule has 1 aliphatic heterocycles. The summed E-state index contributed by atoms with van der Waals surface area (Å²) in [5.41, 5.74) is 6.56. The molecule has 2 N–H and O–H groups in total. The van der Waals surface area contributed by atoms with Gasteiger partial charge in [-0.2, -0.15) is 0 Å². The average molecular weight is 427 g/mol. The lowest BCUT2D eigenvalue weighted by Gasteiger charge is -2.33. The third-order valence-corrected chi connectivity index (χ3v) is 4.83. The molecule has 0 radical (unpaired) electrons. The van der Waals surface area contributed by atoms with Gasteiger partial charge >= 0.3 is 5.97 Å². The number of benzene rings is 2. The standard InChI is InChI=1S/C19H17Cl2FN2O4/c20-12-7-14(18(23)15(21)8-12)19(26)28-10-17(25)24-5-6-27-16(9-24)11-1-3-13(22)4-2-11/h1-4,7-8,16H,5-6,9-10,23H2/t16-/m0/s1. The van der Waals surface area contributed by atoms with Crippen LogP contribution in [0, 0.1) is 5.82 Å². The number of amides is 1. The fraction of sp³-hybridized carbons (Fsp3) is 0.263. The smallest absolute Gasteiger partial charge is 0.340 e. The molecule has 2 aromatic carbocycles. The number of hydrogen-bond acceptors (Lipinski definition) is 5. The quantitative estimate of drug-likeness (QED) is 0.597. The van der Waals surface area contributed by atoms with Crippen LogP contribution >= 0.6 is 23.2 Å². The van der Waals surface area contributed by atoms with Crippen molar-refractivity contribution in [2.45, 2.75) is 6.10 Å². The number of carbonyl (C=O) groups is 2. The number of anilines is 1. The predicted molar refractivity (Wildman–Crippen MR) is 103 cm³/mol. The summed E-state index contributed by atoms with van der Waals surface area (Å²) in [6, 6.07) is 8.63. The maximum atomic E-state index is 13.1. The molecule has 0 aliphatic carbocycles. The number of carbonyl (C=O) groups excluding carboxylic acids is 2. The molecule has 0 unspecified atom stereocenters. The van der Waals surface area contributed by atoms with Crippen LogP contribution in [0.5, 0.6) is 0 Å². The van der Waals surface area contributed by atoms with E-state index < -0.39 is 12.6 Å². The summed E-state index contributed by atoms with van der Waals surface area (Å²) in [5, 5.41) is 0.355. The third kappa shape index (κ3) is 4.73. The Labute approximate surface area is 170 Å². The van der Waals surface area contributed by atoms with Crippen molar-refractivity contribution < 1.29 is 23.5 Å². The van der Waals surface area contributed by atoms with Crippen LogP contribution in [0.1, 0.15) is 22.0 Å². The lowest BCUT2D eigenvalue weighted by molar-refractivity contribution is -0.142. The van der Waals surface area contributed by atoms with Gasteiger partial charge < -0.3 is 20.1 Å². The van der Waals surface area contributed by atoms with E-state index in [4.69, 9.17) is 38.4 Å². The minimum absolute atomic E-state index is 0.00327. The molecular weight excluding hydrogens is 410 g/mol. The van der Waals surface area contributed by atoms with E-state index in [9.17, 15) is 14.0 Å². The molecule has 28 heavy (non-hydrogen) atoms. The zero-order chi connectivity index (χ0) is 20.3. The summed E-state index contributed by atoms with van der Waals surface area (Å²) in [6.07, 6.45) is -0.378. The van der Waals surface area contributed by atoms with Crippen LogP contribution in [0.15, 0.2) is 36.4 Å². The third-order valence-electron chi connectivity index (χ3n) is 4.30. The molecule has 2 aromatic rings. The number of esters is 1. The largest absolute Gasteiger partial charge is 0.452 e. The zero-order valence-corrected chi connectivity index (χ0v) is 16.2. The summed E-state index contributed by atoms with van der Waals surface area (Å²) in [4.78, 5) is 26.2. The van der Waals surface area contributed by atoms with Crippen LogP contribution < -0.4 is 5.73 Å². The first-order valence-electron chi connectivity index (χ1n) is 8.41. The van der Waals surface area contributed by atoms with Crippen molar-refractivity contribution in [3.05, 3.63) is 63.4 Å². The first-order valence-corrected chi connectivity index (χ1v) is 9.17. The molecule has 0 saturated carbocycles. The summed E-state index contributed by atoms with van der Waals surface area (Å²) in [5.74, 6) is -1.52. The second-order valence-electron chi connectivity index (χ2n) is 6.18. The zero-order valence-electron chi connectivity index (χ0n) is 14.7. The first kappa shape index (κ1) is 20.4. The van der Waals surface area contributed by atoms with Gasteiger partial charge in [-0.25, -0.2) is 9.18 Å². The molecule has 1 aliphatic rings. The van der Waals surface area contributed by atoms with Crippen LogP contribution in [0.4, 0.5) is 10.1 Å². The van der Waals surface area contributed by atoms with E-state index in [2.05, 4.69) is 0 Å². The molecule has 3 rings (SSSR count). The number of hydrogen-bond donors (Lipinski definition) is 1. The Morgan fingerprint density at radius 2 is 1.96 bits per heavy atom. The van der Waals surface area contributed by atoms with E-state index >= 15 is 0 Å².